The Bertz CT molecular complexity index is 374. The maximum atomic E-state index is 13.0. The van der Waals surface area contributed by atoms with Gasteiger partial charge in [-0.15, -0.1) is 0 Å². The number of benzene rings is 1. The van der Waals surface area contributed by atoms with Gasteiger partial charge in [-0.2, -0.15) is 8.78 Å². The summed E-state index contributed by atoms with van der Waals surface area (Å²) in [5.41, 5.74) is 0.0350. The molecule has 88 valence electrons. The van der Waals surface area contributed by atoms with Crippen LogP contribution in [0.2, 0.25) is 0 Å². The quantitative estimate of drug-likeness (QED) is 0.852. The number of nitrogens with zero attached hydrogens (tertiary/aromatic N) is 1. The van der Waals surface area contributed by atoms with Crippen LogP contribution in [0, 0.1) is 0 Å². The van der Waals surface area contributed by atoms with E-state index in [-0.39, 0.29) is 11.5 Å². The predicted octanol–water partition coefficient (Wildman–Crippen LogP) is 1.47. The van der Waals surface area contributed by atoms with Gasteiger partial charge < -0.3 is 10.0 Å². The zero-order valence-corrected chi connectivity index (χ0v) is 9.08. The molecule has 1 aromatic carbocycles. The molecule has 16 heavy (non-hydrogen) atoms. The van der Waals surface area contributed by atoms with Crippen molar-refractivity contribution in [3.63, 3.8) is 0 Å². The lowest BCUT2D eigenvalue weighted by atomic mass is 10.1. The van der Waals surface area contributed by atoms with Crippen molar-refractivity contribution in [1.82, 2.24) is 4.90 Å². The number of amides is 1. The van der Waals surface area contributed by atoms with Crippen LogP contribution < -0.4 is 0 Å². The third-order valence-electron chi connectivity index (χ3n) is 2.16. The highest BCUT2D eigenvalue weighted by atomic mass is 19.3. The Kier molecular flexibility index (Phi) is 3.59. The second-order valence-corrected chi connectivity index (χ2v) is 3.64. The number of hydrogen-bond donors (Lipinski definition) is 1. The first-order chi connectivity index (χ1) is 7.38. The number of aliphatic hydroxyl groups excluding tert-OH is 1. The first-order valence-corrected chi connectivity index (χ1v) is 4.69. The van der Waals surface area contributed by atoms with E-state index in [1.54, 1.807) is 14.1 Å². The van der Waals surface area contributed by atoms with Crippen molar-refractivity contribution >= 4 is 5.91 Å². The molecule has 0 radical (unpaired) electrons. The average Bonchev–Trinajstić information content (AvgIpc) is 2.28. The van der Waals surface area contributed by atoms with E-state index in [4.69, 9.17) is 5.11 Å². The molecular weight excluding hydrogens is 216 g/mol. The molecule has 0 spiro atoms. The van der Waals surface area contributed by atoms with Gasteiger partial charge in [0.05, 0.1) is 0 Å². The summed E-state index contributed by atoms with van der Waals surface area (Å²) >= 11 is 0. The molecule has 0 aliphatic heterocycles. The Morgan fingerprint density at radius 2 is 1.81 bits per heavy atom. The molecule has 0 bridgehead atoms. The summed E-state index contributed by atoms with van der Waals surface area (Å²) < 4.78 is 26.1. The molecule has 1 rings (SSSR count). The zero-order valence-electron chi connectivity index (χ0n) is 9.08. The molecule has 1 aromatic rings. The zero-order chi connectivity index (χ0) is 12.3. The molecule has 0 aliphatic carbocycles. The van der Waals surface area contributed by atoms with Gasteiger partial charge in [0.2, 0.25) is 0 Å². The molecule has 0 aromatic heterocycles. The third-order valence-corrected chi connectivity index (χ3v) is 2.16. The van der Waals surface area contributed by atoms with E-state index in [0.717, 1.165) is 12.1 Å². The fraction of sp³-hybridized carbons (Fsp3) is 0.364. The van der Waals surface area contributed by atoms with Gasteiger partial charge in [-0.05, 0) is 12.1 Å². The molecular formula is C11H13F2NO2. The van der Waals surface area contributed by atoms with Gasteiger partial charge in [0, 0.05) is 25.2 Å². The Balaban J connectivity index is 2.96. The van der Waals surface area contributed by atoms with Gasteiger partial charge >= 0.3 is 0 Å². The Hall–Kier alpha value is -1.49. The van der Waals surface area contributed by atoms with Crippen molar-refractivity contribution in [1.29, 1.82) is 0 Å². The smallest absolute Gasteiger partial charge is 0.295 e. The minimum Gasteiger partial charge on any atom is -0.390 e. The molecule has 0 heterocycles. The largest absolute Gasteiger partial charge is 0.390 e. The van der Waals surface area contributed by atoms with Crippen molar-refractivity contribution < 1.29 is 18.7 Å². The highest BCUT2D eigenvalue weighted by Crippen LogP contribution is 2.27. The summed E-state index contributed by atoms with van der Waals surface area (Å²) in [4.78, 5) is 12.8. The number of halogens is 2. The minimum atomic E-state index is -3.26. The number of alkyl halides is 2. The normalized spacial score (nSPS) is 11.3. The van der Waals surface area contributed by atoms with Crippen molar-refractivity contribution in [3.8, 4) is 0 Å². The fourth-order valence-electron chi connectivity index (χ4n) is 1.21. The highest BCUT2D eigenvalue weighted by molar-refractivity contribution is 5.93. The van der Waals surface area contributed by atoms with Gasteiger partial charge in [0.1, 0.15) is 6.61 Å². The standard InChI is InChI=1S/C11H13F2NO2/c1-14(2)10(16)8-3-5-9(6-4-8)11(12,13)7-15/h3-6,15H,7H2,1-2H3. The number of hydrogen-bond acceptors (Lipinski definition) is 2. The summed E-state index contributed by atoms with van der Waals surface area (Å²) in [6.45, 7) is -1.24. The number of carbonyl (C=O) groups is 1. The van der Waals surface area contributed by atoms with E-state index in [0.29, 0.717) is 5.56 Å². The van der Waals surface area contributed by atoms with Crippen molar-refractivity contribution in [2.24, 2.45) is 0 Å². The first kappa shape index (κ1) is 12.6. The van der Waals surface area contributed by atoms with Crippen LogP contribution in [-0.2, 0) is 5.92 Å². The van der Waals surface area contributed by atoms with E-state index in [2.05, 4.69) is 0 Å². The SMILES string of the molecule is CN(C)C(=O)c1ccc(C(F)(F)CO)cc1. The molecule has 1 N–H and O–H groups in total. The monoisotopic (exact) mass is 229 g/mol. The summed E-state index contributed by atoms with van der Waals surface area (Å²) in [6, 6.07) is 4.93. The lowest BCUT2D eigenvalue weighted by Gasteiger charge is -2.14. The molecule has 0 atom stereocenters. The lowest BCUT2D eigenvalue weighted by molar-refractivity contribution is -0.0556. The van der Waals surface area contributed by atoms with Gasteiger partial charge in [-0.1, -0.05) is 12.1 Å². The van der Waals surface area contributed by atoms with E-state index in [9.17, 15) is 13.6 Å². The molecule has 0 saturated carbocycles. The van der Waals surface area contributed by atoms with E-state index in [1.807, 2.05) is 0 Å². The van der Waals surface area contributed by atoms with E-state index >= 15 is 0 Å². The van der Waals surface area contributed by atoms with Crippen molar-refractivity contribution in [2.75, 3.05) is 20.7 Å². The molecule has 0 aliphatic rings. The maximum Gasteiger partial charge on any atom is 0.295 e. The second kappa shape index (κ2) is 4.57. The Morgan fingerprint density at radius 3 is 2.19 bits per heavy atom. The molecule has 5 heteroatoms. The predicted molar refractivity (Wildman–Crippen MR) is 55.4 cm³/mol. The number of carbonyl (C=O) groups excluding carboxylic acids is 1. The second-order valence-electron chi connectivity index (χ2n) is 3.64. The minimum absolute atomic E-state index is 0.251. The summed E-state index contributed by atoms with van der Waals surface area (Å²) in [5.74, 6) is -3.52. The van der Waals surface area contributed by atoms with Gasteiger partial charge in [0.25, 0.3) is 11.8 Å². The van der Waals surface area contributed by atoms with Crippen LogP contribution in [0.3, 0.4) is 0 Å². The van der Waals surface area contributed by atoms with Crippen LogP contribution in [0.4, 0.5) is 8.78 Å². The van der Waals surface area contributed by atoms with Crippen molar-refractivity contribution in [2.45, 2.75) is 5.92 Å². The van der Waals surface area contributed by atoms with Gasteiger partial charge in [-0.3, -0.25) is 4.79 Å². The molecule has 0 unspecified atom stereocenters. The highest BCUT2D eigenvalue weighted by Gasteiger charge is 2.30. The Labute approximate surface area is 92.3 Å². The van der Waals surface area contributed by atoms with Crippen LogP contribution in [0.25, 0.3) is 0 Å². The molecule has 0 fully saturated rings. The summed E-state index contributed by atoms with van der Waals surface area (Å²) in [7, 11) is 3.16. The first-order valence-electron chi connectivity index (χ1n) is 4.69. The molecule has 3 nitrogen and oxygen atoms in total. The summed E-state index contributed by atoms with van der Waals surface area (Å²) in [6.07, 6.45) is 0. The Morgan fingerprint density at radius 1 is 1.31 bits per heavy atom. The molecule has 0 saturated heterocycles. The fourth-order valence-corrected chi connectivity index (χ4v) is 1.21. The van der Waals surface area contributed by atoms with Crippen LogP contribution in [0.5, 0.6) is 0 Å². The third kappa shape index (κ3) is 2.55. The van der Waals surface area contributed by atoms with Crippen LogP contribution >= 0.6 is 0 Å². The number of aliphatic hydroxyl groups is 1. The van der Waals surface area contributed by atoms with Gasteiger partial charge in [-0.25, -0.2) is 0 Å². The lowest BCUT2D eigenvalue weighted by Crippen LogP contribution is -2.22. The maximum absolute atomic E-state index is 13.0. The molecule has 1 amide bonds. The van der Waals surface area contributed by atoms with Crippen LogP contribution in [0.15, 0.2) is 24.3 Å². The van der Waals surface area contributed by atoms with E-state index in [1.165, 1.54) is 17.0 Å². The average molecular weight is 229 g/mol. The topological polar surface area (TPSA) is 40.5 Å². The van der Waals surface area contributed by atoms with Crippen molar-refractivity contribution in [3.05, 3.63) is 35.4 Å². The number of rotatable bonds is 3. The van der Waals surface area contributed by atoms with Crippen LogP contribution in [0.1, 0.15) is 15.9 Å². The van der Waals surface area contributed by atoms with Gasteiger partial charge in [0.15, 0.2) is 0 Å². The summed E-state index contributed by atoms with van der Waals surface area (Å²) in [5, 5.41) is 8.49. The van der Waals surface area contributed by atoms with E-state index < -0.39 is 12.5 Å². The van der Waals surface area contributed by atoms with Crippen LogP contribution in [-0.4, -0.2) is 36.6 Å².